The predicted molar refractivity (Wildman–Crippen MR) is 119 cm³/mol. The van der Waals surface area contributed by atoms with E-state index >= 15 is 0 Å². The van der Waals surface area contributed by atoms with Gasteiger partial charge in [-0.15, -0.1) is 0 Å². The molecule has 0 unspecified atom stereocenters. The second kappa shape index (κ2) is 8.11. The van der Waals surface area contributed by atoms with Crippen LogP contribution >= 0.6 is 0 Å². The predicted octanol–water partition coefficient (Wildman–Crippen LogP) is 0.651. The molecule has 2 N–H and O–H groups in total. The van der Waals surface area contributed by atoms with Crippen LogP contribution in [0.25, 0.3) is 10.8 Å². The second-order valence-corrected chi connectivity index (χ2v) is 11.5. The molecule has 1 atom stereocenters. The fourth-order valence-corrected chi connectivity index (χ4v) is 6.60. The van der Waals surface area contributed by atoms with Crippen LogP contribution in [0, 0.1) is 0 Å². The molecule has 1 saturated heterocycles. The zero-order valence-electron chi connectivity index (χ0n) is 17.0. The number of benzene rings is 2. The van der Waals surface area contributed by atoms with Crippen molar-refractivity contribution in [3.8, 4) is 0 Å². The van der Waals surface area contributed by atoms with Crippen LogP contribution in [0.3, 0.4) is 0 Å². The summed E-state index contributed by atoms with van der Waals surface area (Å²) in [4.78, 5) is 25.0. The highest BCUT2D eigenvalue weighted by molar-refractivity contribution is 7.92. The van der Waals surface area contributed by atoms with E-state index in [0.717, 1.165) is 4.68 Å². The third kappa shape index (κ3) is 4.42. The number of nitrogens with one attached hydrogen (secondary N) is 2. The molecule has 1 aromatic heterocycles. The van der Waals surface area contributed by atoms with Crippen LogP contribution in [-0.4, -0.2) is 50.1 Å². The van der Waals surface area contributed by atoms with Crippen LogP contribution in [0.2, 0.25) is 0 Å². The molecular formula is C20H20N4O6S2. The summed E-state index contributed by atoms with van der Waals surface area (Å²) in [6.07, 6.45) is 0.232. The molecule has 32 heavy (non-hydrogen) atoms. The largest absolute Gasteiger partial charge is 0.321 e. The average Bonchev–Trinajstić information content (AvgIpc) is 3.08. The Morgan fingerprint density at radius 1 is 1.09 bits per heavy atom. The van der Waals surface area contributed by atoms with Crippen LogP contribution in [0.4, 0.5) is 5.69 Å². The monoisotopic (exact) mass is 476 g/mol. The van der Waals surface area contributed by atoms with Crippen LogP contribution in [0.1, 0.15) is 16.9 Å². The Kier molecular flexibility index (Phi) is 5.61. The number of aryl methyl sites for hydroxylation is 1. The van der Waals surface area contributed by atoms with Gasteiger partial charge in [-0.3, -0.25) is 9.59 Å². The van der Waals surface area contributed by atoms with Crippen molar-refractivity contribution in [3.63, 3.8) is 0 Å². The summed E-state index contributed by atoms with van der Waals surface area (Å²) in [7, 11) is -5.68. The van der Waals surface area contributed by atoms with E-state index in [1.807, 2.05) is 0 Å². The molecule has 3 aromatic rings. The molecular weight excluding hydrogens is 456 g/mol. The molecule has 168 valence electrons. The van der Waals surface area contributed by atoms with Crippen molar-refractivity contribution >= 4 is 42.2 Å². The lowest BCUT2D eigenvalue weighted by molar-refractivity contribution is 0.102. The minimum atomic E-state index is -3.91. The van der Waals surface area contributed by atoms with Gasteiger partial charge in [-0.2, -0.15) is 5.10 Å². The summed E-state index contributed by atoms with van der Waals surface area (Å²) in [5.74, 6) is -0.818. The fraction of sp³-hybridized carbons (Fsp3) is 0.250. The molecule has 2 aromatic carbocycles. The SMILES string of the molecule is Cn1nc(C(=O)Nc2ccc(S(=O)(=O)N[C@H]3CCS(=O)(=O)C3)cc2)c2ccccc2c1=O. The third-order valence-electron chi connectivity index (χ3n) is 5.15. The Hall–Kier alpha value is -3.09. The van der Waals surface area contributed by atoms with Crippen LogP contribution < -0.4 is 15.6 Å². The van der Waals surface area contributed by atoms with Gasteiger partial charge in [0, 0.05) is 24.2 Å². The number of sulfone groups is 1. The molecule has 0 radical (unpaired) electrons. The van der Waals surface area contributed by atoms with E-state index < -0.39 is 31.8 Å². The molecule has 0 aliphatic carbocycles. The van der Waals surface area contributed by atoms with E-state index in [2.05, 4.69) is 15.1 Å². The fourth-order valence-electron chi connectivity index (χ4n) is 3.55. The van der Waals surface area contributed by atoms with Gasteiger partial charge in [-0.05, 0) is 36.8 Å². The van der Waals surface area contributed by atoms with Crippen molar-refractivity contribution in [1.82, 2.24) is 14.5 Å². The zero-order chi connectivity index (χ0) is 23.1. The topological polar surface area (TPSA) is 144 Å². The Bertz CT molecular complexity index is 1480. The van der Waals surface area contributed by atoms with Gasteiger partial charge in [0.25, 0.3) is 11.5 Å². The smallest absolute Gasteiger partial charge is 0.276 e. The first-order chi connectivity index (χ1) is 15.1. The van der Waals surface area contributed by atoms with Crippen LogP contribution in [-0.2, 0) is 26.9 Å². The average molecular weight is 477 g/mol. The zero-order valence-corrected chi connectivity index (χ0v) is 18.6. The molecule has 1 aliphatic rings. The number of hydrogen-bond donors (Lipinski definition) is 2. The van der Waals surface area contributed by atoms with Crippen molar-refractivity contribution in [2.24, 2.45) is 7.05 Å². The van der Waals surface area contributed by atoms with E-state index in [-0.39, 0.29) is 34.1 Å². The maximum atomic E-state index is 12.8. The summed E-state index contributed by atoms with van der Waals surface area (Å²) in [6.45, 7) is 0. The Morgan fingerprint density at radius 3 is 2.38 bits per heavy atom. The first-order valence-corrected chi connectivity index (χ1v) is 13.0. The second-order valence-electron chi connectivity index (χ2n) is 7.52. The number of sulfonamides is 1. The lowest BCUT2D eigenvalue weighted by Gasteiger charge is -2.12. The Morgan fingerprint density at radius 2 is 1.75 bits per heavy atom. The van der Waals surface area contributed by atoms with Crippen molar-refractivity contribution in [3.05, 3.63) is 64.6 Å². The molecule has 4 rings (SSSR count). The highest BCUT2D eigenvalue weighted by atomic mass is 32.2. The maximum Gasteiger partial charge on any atom is 0.276 e. The van der Waals surface area contributed by atoms with E-state index in [0.29, 0.717) is 16.5 Å². The van der Waals surface area contributed by atoms with Gasteiger partial charge in [0.1, 0.15) is 0 Å². The minimum Gasteiger partial charge on any atom is -0.321 e. The van der Waals surface area contributed by atoms with Gasteiger partial charge in [0.15, 0.2) is 15.5 Å². The van der Waals surface area contributed by atoms with E-state index in [1.54, 1.807) is 24.3 Å². The first kappa shape index (κ1) is 22.1. The normalized spacial score (nSPS) is 18.0. The van der Waals surface area contributed by atoms with E-state index in [1.165, 1.54) is 31.3 Å². The maximum absolute atomic E-state index is 12.8. The molecule has 0 spiro atoms. The lowest BCUT2D eigenvalue weighted by atomic mass is 10.1. The standard InChI is InChI=1S/C20H20N4O6S2/c1-24-20(26)17-5-3-2-4-16(17)18(22-24)19(25)21-13-6-8-15(9-7-13)32(29,30)23-14-10-11-31(27,28)12-14/h2-9,14,23H,10-12H2,1H3,(H,21,25)/t14-/m0/s1. The first-order valence-electron chi connectivity index (χ1n) is 9.66. The highest BCUT2D eigenvalue weighted by Crippen LogP contribution is 2.19. The van der Waals surface area contributed by atoms with Gasteiger partial charge >= 0.3 is 0 Å². The van der Waals surface area contributed by atoms with E-state index in [9.17, 15) is 26.4 Å². The quantitative estimate of drug-likeness (QED) is 0.550. The highest BCUT2D eigenvalue weighted by Gasteiger charge is 2.31. The van der Waals surface area contributed by atoms with Gasteiger partial charge in [0.2, 0.25) is 10.0 Å². The van der Waals surface area contributed by atoms with Gasteiger partial charge in [0.05, 0.1) is 21.8 Å². The minimum absolute atomic E-state index is 0.0427. The van der Waals surface area contributed by atoms with Crippen molar-refractivity contribution in [1.29, 1.82) is 0 Å². The molecule has 1 fully saturated rings. The molecule has 1 amide bonds. The number of aromatic nitrogens is 2. The summed E-state index contributed by atoms with van der Waals surface area (Å²) in [6, 6.07) is 11.4. The number of amides is 1. The van der Waals surface area contributed by atoms with Crippen molar-refractivity contribution in [2.75, 3.05) is 16.8 Å². The Balaban J connectivity index is 1.53. The number of nitrogens with zero attached hydrogens (tertiary/aromatic N) is 2. The summed E-state index contributed by atoms with van der Waals surface area (Å²) in [5, 5.41) is 7.47. The number of carbonyl (C=O) groups excluding carboxylic acids is 1. The third-order valence-corrected chi connectivity index (χ3v) is 8.45. The van der Waals surface area contributed by atoms with Crippen LogP contribution in [0.15, 0.2) is 58.2 Å². The number of anilines is 1. The molecule has 10 nitrogen and oxygen atoms in total. The summed E-state index contributed by atoms with van der Waals surface area (Å²) >= 11 is 0. The van der Waals surface area contributed by atoms with Crippen LogP contribution in [0.5, 0.6) is 0 Å². The van der Waals surface area contributed by atoms with E-state index in [4.69, 9.17) is 0 Å². The molecule has 0 saturated carbocycles. The molecule has 2 heterocycles. The molecule has 0 bridgehead atoms. The number of hydrogen-bond acceptors (Lipinski definition) is 7. The van der Waals surface area contributed by atoms with Gasteiger partial charge in [-0.1, -0.05) is 18.2 Å². The number of fused-ring (bicyclic) bond motifs is 1. The van der Waals surface area contributed by atoms with Crippen molar-refractivity contribution in [2.45, 2.75) is 17.4 Å². The van der Waals surface area contributed by atoms with Crippen molar-refractivity contribution < 1.29 is 21.6 Å². The molecule has 12 heteroatoms. The number of rotatable bonds is 5. The molecule has 1 aliphatic heterocycles. The lowest BCUT2D eigenvalue weighted by Crippen LogP contribution is -2.35. The Labute approximate surface area is 184 Å². The van der Waals surface area contributed by atoms with Gasteiger partial charge in [-0.25, -0.2) is 26.2 Å². The number of carbonyl (C=O) groups is 1. The van der Waals surface area contributed by atoms with Gasteiger partial charge < -0.3 is 5.32 Å². The summed E-state index contributed by atoms with van der Waals surface area (Å²) in [5.41, 5.74) is 0.0647. The summed E-state index contributed by atoms with van der Waals surface area (Å²) < 4.78 is 51.7.